The molecule has 4 aromatic rings. The lowest BCUT2D eigenvalue weighted by molar-refractivity contribution is -0.118. The molecule has 0 atom stereocenters. The molecule has 5 heteroatoms. The number of aromatic nitrogens is 1. The lowest BCUT2D eigenvalue weighted by Crippen LogP contribution is -2.20. The highest BCUT2D eigenvalue weighted by atomic mass is 16.5. The maximum Gasteiger partial charge on any atom is 0.262 e. The summed E-state index contributed by atoms with van der Waals surface area (Å²) in [6.07, 6.45) is 4.09. The van der Waals surface area contributed by atoms with Crippen LogP contribution in [-0.2, 0) is 22.4 Å². The van der Waals surface area contributed by atoms with Crippen molar-refractivity contribution in [1.82, 2.24) is 4.98 Å². The zero-order valence-electron chi connectivity index (χ0n) is 18.1. The molecule has 0 unspecified atom stereocenters. The van der Waals surface area contributed by atoms with Crippen LogP contribution in [0, 0.1) is 0 Å². The van der Waals surface area contributed by atoms with Gasteiger partial charge in [0.15, 0.2) is 6.61 Å². The first-order valence-corrected chi connectivity index (χ1v) is 10.7. The molecule has 4 rings (SSSR count). The van der Waals surface area contributed by atoms with Crippen molar-refractivity contribution >= 4 is 17.4 Å². The highest BCUT2D eigenvalue weighted by Crippen LogP contribution is 2.29. The molecule has 0 aliphatic heterocycles. The third-order valence-electron chi connectivity index (χ3n) is 5.12. The lowest BCUT2D eigenvalue weighted by Gasteiger charge is -2.12. The van der Waals surface area contributed by atoms with Gasteiger partial charge >= 0.3 is 0 Å². The molecule has 1 amide bonds. The number of carbonyl (C=O) groups is 2. The van der Waals surface area contributed by atoms with E-state index in [2.05, 4.69) is 10.3 Å². The fraction of sp³-hybridized carbons (Fsp3) is 0.107. The number of rotatable bonds is 9. The van der Waals surface area contributed by atoms with Gasteiger partial charge in [0.2, 0.25) is 0 Å². The number of amides is 1. The number of ketones is 1. The Morgan fingerprint density at radius 2 is 1.36 bits per heavy atom. The van der Waals surface area contributed by atoms with Crippen LogP contribution < -0.4 is 10.1 Å². The highest BCUT2D eigenvalue weighted by molar-refractivity contribution is 5.92. The number of para-hydroxylation sites is 1. The Balaban J connectivity index is 1.29. The molecule has 5 nitrogen and oxygen atoms in total. The number of carbonyl (C=O) groups excluding carboxylic acids is 2. The molecule has 0 aliphatic rings. The van der Waals surface area contributed by atoms with Gasteiger partial charge in [0.1, 0.15) is 11.5 Å². The summed E-state index contributed by atoms with van der Waals surface area (Å²) in [4.78, 5) is 28.7. The van der Waals surface area contributed by atoms with Crippen LogP contribution in [0.15, 0.2) is 103 Å². The molecule has 0 bridgehead atoms. The van der Waals surface area contributed by atoms with Crippen LogP contribution in [0.4, 0.5) is 5.69 Å². The molecule has 1 aromatic heterocycles. The minimum Gasteiger partial charge on any atom is -0.483 e. The third kappa shape index (κ3) is 6.37. The summed E-state index contributed by atoms with van der Waals surface area (Å²) in [6, 6.07) is 28.5. The first kappa shape index (κ1) is 22.0. The summed E-state index contributed by atoms with van der Waals surface area (Å²) in [5, 5.41) is 2.84. The average Bonchev–Trinajstić information content (AvgIpc) is 2.85. The maximum atomic E-state index is 12.4. The monoisotopic (exact) mass is 436 g/mol. The molecule has 1 heterocycles. The van der Waals surface area contributed by atoms with Crippen LogP contribution >= 0.6 is 0 Å². The van der Waals surface area contributed by atoms with Crippen LogP contribution in [0.2, 0.25) is 0 Å². The summed E-state index contributed by atoms with van der Waals surface area (Å²) >= 11 is 0. The molecular weight excluding hydrogens is 412 g/mol. The smallest absolute Gasteiger partial charge is 0.262 e. The van der Waals surface area contributed by atoms with Gasteiger partial charge in [0.05, 0.1) is 0 Å². The van der Waals surface area contributed by atoms with E-state index < -0.39 is 0 Å². The number of ether oxygens (including phenoxy) is 1. The Labute approximate surface area is 193 Å². The van der Waals surface area contributed by atoms with Gasteiger partial charge < -0.3 is 10.1 Å². The number of nitrogens with one attached hydrogen (secondary N) is 1. The van der Waals surface area contributed by atoms with E-state index in [9.17, 15) is 9.59 Å². The molecule has 0 fully saturated rings. The molecule has 0 aliphatic carbocycles. The van der Waals surface area contributed by atoms with Crippen LogP contribution in [0.25, 0.3) is 11.1 Å². The minimum absolute atomic E-state index is 0.101. The maximum absolute atomic E-state index is 12.4. The van der Waals surface area contributed by atoms with E-state index in [0.29, 0.717) is 24.3 Å². The van der Waals surface area contributed by atoms with E-state index in [4.69, 9.17) is 4.74 Å². The molecule has 0 spiro atoms. The Bertz CT molecular complexity index is 1210. The summed E-state index contributed by atoms with van der Waals surface area (Å²) in [6.45, 7) is -0.101. The van der Waals surface area contributed by atoms with Crippen LogP contribution in [-0.4, -0.2) is 23.3 Å². The number of anilines is 1. The Morgan fingerprint density at radius 1 is 0.727 bits per heavy atom. The van der Waals surface area contributed by atoms with E-state index >= 15 is 0 Å². The summed E-state index contributed by atoms with van der Waals surface area (Å²) in [5.41, 5.74) is 4.48. The van der Waals surface area contributed by atoms with Gasteiger partial charge in [-0.25, -0.2) is 0 Å². The third-order valence-corrected chi connectivity index (χ3v) is 5.12. The predicted molar refractivity (Wildman–Crippen MR) is 129 cm³/mol. The first-order valence-electron chi connectivity index (χ1n) is 10.7. The van der Waals surface area contributed by atoms with Crippen molar-refractivity contribution in [2.24, 2.45) is 0 Å². The topological polar surface area (TPSA) is 68.3 Å². The van der Waals surface area contributed by atoms with Gasteiger partial charge in [-0.05, 0) is 47.0 Å². The fourth-order valence-corrected chi connectivity index (χ4v) is 3.51. The van der Waals surface area contributed by atoms with Gasteiger partial charge in [-0.2, -0.15) is 0 Å². The lowest BCUT2D eigenvalue weighted by atomic mass is 10.0. The largest absolute Gasteiger partial charge is 0.483 e. The minimum atomic E-state index is -0.251. The van der Waals surface area contributed by atoms with Crippen molar-refractivity contribution in [2.45, 2.75) is 12.8 Å². The van der Waals surface area contributed by atoms with Crippen molar-refractivity contribution in [3.63, 3.8) is 0 Å². The number of nitrogens with zero attached hydrogens (tertiary/aromatic N) is 1. The zero-order chi connectivity index (χ0) is 22.9. The molecule has 0 saturated carbocycles. The molecule has 1 N–H and O–H groups in total. The quantitative estimate of drug-likeness (QED) is 0.395. The second kappa shape index (κ2) is 10.9. The van der Waals surface area contributed by atoms with Gasteiger partial charge in [-0.3, -0.25) is 14.6 Å². The Morgan fingerprint density at radius 3 is 2.09 bits per heavy atom. The molecular formula is C28H24N2O3. The van der Waals surface area contributed by atoms with E-state index in [1.807, 2.05) is 78.9 Å². The van der Waals surface area contributed by atoms with E-state index in [1.54, 1.807) is 24.5 Å². The molecule has 0 radical (unpaired) electrons. The van der Waals surface area contributed by atoms with Crippen LogP contribution in [0.5, 0.6) is 5.75 Å². The standard InChI is InChI=1S/C28H24N2O3/c31-25(19-22-14-16-29-17-15-22)18-21-10-12-24(13-11-21)30-28(32)20-33-27-9-5-4-8-26(27)23-6-2-1-3-7-23/h1-17H,18-20H2,(H,30,32). The average molecular weight is 437 g/mol. The van der Waals surface area contributed by atoms with Crippen LogP contribution in [0.1, 0.15) is 11.1 Å². The number of pyridine rings is 1. The Kier molecular flexibility index (Phi) is 7.23. The summed E-state index contributed by atoms with van der Waals surface area (Å²) < 4.78 is 5.80. The SMILES string of the molecule is O=C(Cc1ccncc1)Cc1ccc(NC(=O)COc2ccccc2-c2ccccc2)cc1. The summed E-state index contributed by atoms with van der Waals surface area (Å²) in [7, 11) is 0. The van der Waals surface area contributed by atoms with Crippen LogP contribution in [0.3, 0.4) is 0 Å². The second-order valence-electron chi connectivity index (χ2n) is 7.64. The number of hydrogen-bond donors (Lipinski definition) is 1. The normalized spacial score (nSPS) is 10.4. The van der Waals surface area contributed by atoms with Gasteiger partial charge in [0, 0.05) is 36.5 Å². The Hall–Kier alpha value is -4.25. The van der Waals surface area contributed by atoms with Crippen molar-refractivity contribution in [3.05, 3.63) is 115 Å². The first-order chi connectivity index (χ1) is 16.2. The highest BCUT2D eigenvalue weighted by Gasteiger charge is 2.09. The van der Waals surface area contributed by atoms with E-state index in [0.717, 1.165) is 22.3 Å². The summed E-state index contributed by atoms with van der Waals surface area (Å²) in [5.74, 6) is 0.532. The molecule has 33 heavy (non-hydrogen) atoms. The fourth-order valence-electron chi connectivity index (χ4n) is 3.51. The zero-order valence-corrected chi connectivity index (χ0v) is 18.1. The number of hydrogen-bond acceptors (Lipinski definition) is 4. The van der Waals surface area contributed by atoms with E-state index in [1.165, 1.54) is 0 Å². The van der Waals surface area contributed by atoms with Gasteiger partial charge in [-0.1, -0.05) is 60.7 Å². The molecule has 0 saturated heterocycles. The molecule has 164 valence electrons. The molecule has 3 aromatic carbocycles. The second-order valence-corrected chi connectivity index (χ2v) is 7.64. The van der Waals surface area contributed by atoms with Crippen molar-refractivity contribution in [2.75, 3.05) is 11.9 Å². The number of Topliss-reactive ketones (excluding diaryl/α,β-unsaturated/α-hetero) is 1. The van der Waals surface area contributed by atoms with E-state index in [-0.39, 0.29) is 18.3 Å². The predicted octanol–water partition coefficient (Wildman–Crippen LogP) is 5.12. The van der Waals surface area contributed by atoms with Gasteiger partial charge in [-0.15, -0.1) is 0 Å². The van der Waals surface area contributed by atoms with Crippen molar-refractivity contribution in [3.8, 4) is 16.9 Å². The van der Waals surface area contributed by atoms with Crippen molar-refractivity contribution in [1.29, 1.82) is 0 Å². The number of benzene rings is 3. The van der Waals surface area contributed by atoms with Gasteiger partial charge in [0.25, 0.3) is 5.91 Å². The van der Waals surface area contributed by atoms with Crippen molar-refractivity contribution < 1.29 is 14.3 Å².